The second-order valence-corrected chi connectivity index (χ2v) is 4.51. The van der Waals surface area contributed by atoms with Crippen LogP contribution in [0.3, 0.4) is 0 Å². The lowest BCUT2D eigenvalue weighted by atomic mass is 10.2. The summed E-state index contributed by atoms with van der Waals surface area (Å²) in [5, 5.41) is 0. The second kappa shape index (κ2) is 4.24. The maximum absolute atomic E-state index is 7.42. The highest BCUT2D eigenvalue weighted by atomic mass is 32.2. The zero-order valence-corrected chi connectivity index (χ0v) is 9.14. The quantitative estimate of drug-likeness (QED) is 0.707. The maximum atomic E-state index is 7.42. The van der Waals surface area contributed by atoms with E-state index in [0.29, 0.717) is 7.02 Å². The summed E-state index contributed by atoms with van der Waals surface area (Å²) in [7, 11) is 2.06. The molecule has 0 saturated heterocycles. The molecule has 0 spiro atoms. The highest BCUT2D eigenvalue weighted by Gasteiger charge is 2.12. The number of hydrogen-bond donors (Lipinski definition) is 0. The Labute approximate surface area is 90.7 Å². The fraction of sp³-hybridized carbons (Fsp3) is 0.455. The van der Waals surface area contributed by atoms with Crippen LogP contribution >= 0.6 is 11.8 Å². The SMILES string of the molecule is [3H]CN1CCSc2ccc(OC)cc2C1. The van der Waals surface area contributed by atoms with Crippen molar-refractivity contribution in [1.29, 1.82) is 0 Å². The molecule has 0 saturated carbocycles. The second-order valence-electron chi connectivity index (χ2n) is 3.37. The first kappa shape index (κ1) is 8.62. The monoisotopic (exact) mass is 211 g/mol. The van der Waals surface area contributed by atoms with Gasteiger partial charge in [0.2, 0.25) is 0 Å². The lowest BCUT2D eigenvalue weighted by Gasteiger charge is -2.13. The first-order valence-corrected chi connectivity index (χ1v) is 5.63. The molecular formula is C11H15NOS. The van der Waals surface area contributed by atoms with Crippen molar-refractivity contribution in [3.8, 4) is 5.75 Å². The lowest BCUT2D eigenvalue weighted by Crippen LogP contribution is -2.18. The van der Waals surface area contributed by atoms with E-state index in [2.05, 4.69) is 17.0 Å². The van der Waals surface area contributed by atoms with Gasteiger partial charge in [0.15, 0.2) is 0 Å². The summed E-state index contributed by atoms with van der Waals surface area (Å²) in [6.07, 6.45) is 0. The van der Waals surface area contributed by atoms with Crippen LogP contribution in [0.1, 0.15) is 6.93 Å². The van der Waals surface area contributed by atoms with Crippen molar-refractivity contribution in [2.45, 2.75) is 11.4 Å². The Morgan fingerprint density at radius 3 is 3.29 bits per heavy atom. The van der Waals surface area contributed by atoms with E-state index in [-0.39, 0.29) is 0 Å². The van der Waals surface area contributed by atoms with E-state index in [1.807, 2.05) is 17.8 Å². The summed E-state index contributed by atoms with van der Waals surface area (Å²) in [5.74, 6) is 1.97. The van der Waals surface area contributed by atoms with E-state index >= 15 is 0 Å². The van der Waals surface area contributed by atoms with Crippen LogP contribution in [-0.4, -0.2) is 31.3 Å². The Hall–Kier alpha value is -0.670. The Morgan fingerprint density at radius 2 is 2.50 bits per heavy atom. The maximum Gasteiger partial charge on any atom is 0.119 e. The van der Waals surface area contributed by atoms with Crippen molar-refractivity contribution >= 4 is 11.8 Å². The van der Waals surface area contributed by atoms with Gasteiger partial charge in [-0.05, 0) is 30.8 Å². The minimum absolute atomic E-state index is 0.372. The van der Waals surface area contributed by atoms with Crippen LogP contribution in [0.4, 0.5) is 0 Å². The summed E-state index contributed by atoms with van der Waals surface area (Å²) in [4.78, 5) is 3.46. The Morgan fingerprint density at radius 1 is 1.57 bits per heavy atom. The Kier molecular flexibility index (Phi) is 2.61. The van der Waals surface area contributed by atoms with Crippen LogP contribution in [-0.2, 0) is 6.54 Å². The lowest BCUT2D eigenvalue weighted by molar-refractivity contribution is 0.347. The van der Waals surface area contributed by atoms with Gasteiger partial charge in [0.1, 0.15) is 5.75 Å². The minimum atomic E-state index is 0.372. The van der Waals surface area contributed by atoms with E-state index < -0.39 is 0 Å². The van der Waals surface area contributed by atoms with Crippen LogP contribution in [0.25, 0.3) is 0 Å². The molecular weight excluding hydrogens is 194 g/mol. The molecule has 1 aliphatic rings. The predicted molar refractivity (Wildman–Crippen MR) is 60.1 cm³/mol. The van der Waals surface area contributed by atoms with Crippen LogP contribution in [0.5, 0.6) is 5.75 Å². The van der Waals surface area contributed by atoms with Gasteiger partial charge >= 0.3 is 0 Å². The molecule has 0 bridgehead atoms. The topological polar surface area (TPSA) is 12.5 Å². The highest BCUT2D eigenvalue weighted by Crippen LogP contribution is 2.29. The van der Waals surface area contributed by atoms with Gasteiger partial charge in [-0.25, -0.2) is 0 Å². The Bertz CT molecular complexity index is 345. The molecule has 0 unspecified atom stereocenters. The summed E-state index contributed by atoms with van der Waals surface area (Å²) in [5.41, 5.74) is 1.28. The molecule has 2 nitrogen and oxygen atoms in total. The molecule has 3 heteroatoms. The smallest absolute Gasteiger partial charge is 0.119 e. The average Bonchev–Trinajstić information content (AvgIpc) is 2.49. The van der Waals surface area contributed by atoms with E-state index in [1.165, 1.54) is 10.5 Å². The molecule has 0 N–H and O–H groups in total. The standard InChI is InChI=1S/C11H15NOS/c1-12-5-6-14-11-4-3-10(13-2)7-9(11)8-12/h3-4,7H,5-6,8H2,1-2H3/i1T. The van der Waals surface area contributed by atoms with E-state index in [0.717, 1.165) is 24.6 Å². The predicted octanol–water partition coefficient (Wildman–Crippen LogP) is 2.23. The first-order valence-electron chi connectivity index (χ1n) is 5.35. The van der Waals surface area contributed by atoms with Gasteiger partial charge in [-0.1, -0.05) is 0 Å². The fourth-order valence-electron chi connectivity index (χ4n) is 1.55. The molecule has 0 aliphatic carbocycles. The van der Waals surface area contributed by atoms with Gasteiger partial charge in [0.25, 0.3) is 0 Å². The van der Waals surface area contributed by atoms with E-state index in [9.17, 15) is 0 Å². The number of thioether (sulfide) groups is 1. The number of ether oxygens (including phenoxy) is 1. The van der Waals surface area contributed by atoms with Crippen LogP contribution in [0.15, 0.2) is 23.1 Å². The zero-order chi connectivity index (χ0) is 10.7. The molecule has 0 fully saturated rings. The molecule has 1 heterocycles. The number of methoxy groups -OCH3 is 1. The number of rotatable bonds is 1. The summed E-state index contributed by atoms with van der Waals surface area (Å²) < 4.78 is 12.6. The number of nitrogens with zero attached hydrogens (tertiary/aromatic N) is 1. The van der Waals surface area contributed by atoms with Crippen molar-refractivity contribution < 1.29 is 6.11 Å². The fourth-order valence-corrected chi connectivity index (χ4v) is 2.59. The van der Waals surface area contributed by atoms with Gasteiger partial charge in [-0.15, -0.1) is 11.8 Å². The first-order chi connectivity index (χ1) is 7.33. The number of benzene rings is 1. The van der Waals surface area contributed by atoms with Crippen LogP contribution in [0.2, 0.25) is 0 Å². The molecule has 0 aromatic heterocycles. The highest BCUT2D eigenvalue weighted by molar-refractivity contribution is 7.99. The molecule has 76 valence electrons. The molecule has 0 amide bonds. The molecule has 14 heavy (non-hydrogen) atoms. The van der Waals surface area contributed by atoms with Gasteiger partial charge in [-0.2, -0.15) is 0 Å². The molecule has 1 aromatic carbocycles. The van der Waals surface area contributed by atoms with Gasteiger partial charge < -0.3 is 9.64 Å². The van der Waals surface area contributed by atoms with Crippen molar-refractivity contribution in [2.24, 2.45) is 0 Å². The number of hydrogen-bond acceptors (Lipinski definition) is 3. The minimum Gasteiger partial charge on any atom is -0.497 e. The van der Waals surface area contributed by atoms with E-state index in [1.54, 1.807) is 7.11 Å². The van der Waals surface area contributed by atoms with Crippen LogP contribution in [0, 0.1) is 0 Å². The third kappa shape index (κ3) is 2.04. The van der Waals surface area contributed by atoms with Crippen molar-refractivity contribution in [3.63, 3.8) is 0 Å². The van der Waals surface area contributed by atoms with Gasteiger partial charge in [0.05, 0.1) is 7.11 Å². The molecule has 1 aliphatic heterocycles. The summed E-state index contributed by atoms with van der Waals surface area (Å²) in [6, 6.07) is 6.20. The molecule has 0 radical (unpaired) electrons. The van der Waals surface area contributed by atoms with Crippen molar-refractivity contribution in [1.82, 2.24) is 4.90 Å². The number of fused-ring (bicyclic) bond motifs is 1. The largest absolute Gasteiger partial charge is 0.497 e. The van der Waals surface area contributed by atoms with E-state index in [4.69, 9.17) is 6.11 Å². The van der Waals surface area contributed by atoms with Crippen molar-refractivity contribution in [3.05, 3.63) is 23.8 Å². The van der Waals surface area contributed by atoms with Gasteiger partial charge in [0, 0.05) is 25.1 Å². The van der Waals surface area contributed by atoms with Crippen LogP contribution < -0.4 is 4.74 Å². The summed E-state index contributed by atoms with van der Waals surface area (Å²) >= 11 is 1.87. The molecule has 0 atom stereocenters. The molecule has 2 rings (SSSR count). The molecule has 1 aromatic rings. The Balaban J connectivity index is 2.27. The third-order valence-electron chi connectivity index (χ3n) is 2.33. The van der Waals surface area contributed by atoms with Gasteiger partial charge in [-0.3, -0.25) is 0 Å². The summed E-state index contributed by atoms with van der Waals surface area (Å²) in [6.45, 7) is 1.86. The normalized spacial score (nSPS) is 18.2. The average molecular weight is 211 g/mol. The van der Waals surface area contributed by atoms with Crippen molar-refractivity contribution in [2.75, 3.05) is 26.4 Å². The zero-order valence-electron chi connectivity index (χ0n) is 9.32. The third-order valence-corrected chi connectivity index (χ3v) is 3.42.